The normalized spacial score (nSPS) is 24.6. The summed E-state index contributed by atoms with van der Waals surface area (Å²) in [4.78, 5) is 13.5. The minimum atomic E-state index is -3.34. The number of carbonyl (C=O) groups excluding carboxylic acids is 1. The van der Waals surface area contributed by atoms with Crippen LogP contribution in [0.3, 0.4) is 0 Å². The molecule has 0 saturated carbocycles. The zero-order valence-electron chi connectivity index (χ0n) is 9.54. The van der Waals surface area contributed by atoms with Crippen LogP contribution in [0.4, 0.5) is 5.69 Å². The molecule has 0 aliphatic carbocycles. The smallest absolute Gasteiger partial charge is 0.228 e. The number of amides is 1. The van der Waals surface area contributed by atoms with E-state index in [0.29, 0.717) is 24.2 Å². The summed E-state index contributed by atoms with van der Waals surface area (Å²) in [6.45, 7) is 0.436. The summed E-state index contributed by atoms with van der Waals surface area (Å²) in [5.74, 6) is -0.0641. The molecule has 2 aliphatic heterocycles. The lowest BCUT2D eigenvalue weighted by atomic mass is 10.2. The van der Waals surface area contributed by atoms with Crippen molar-refractivity contribution in [1.82, 2.24) is 0 Å². The van der Waals surface area contributed by atoms with E-state index < -0.39 is 9.84 Å². The van der Waals surface area contributed by atoms with Gasteiger partial charge in [0.25, 0.3) is 0 Å². The summed E-state index contributed by atoms with van der Waals surface area (Å²) < 4.78 is 23.5. The zero-order chi connectivity index (χ0) is 12.9. The van der Waals surface area contributed by atoms with E-state index in [1.807, 2.05) is 0 Å². The van der Waals surface area contributed by atoms with E-state index in [2.05, 4.69) is 0 Å². The molecule has 1 aromatic carbocycles. The second kappa shape index (κ2) is 3.66. The summed E-state index contributed by atoms with van der Waals surface area (Å²) in [5.41, 5.74) is 6.98. The quantitative estimate of drug-likeness (QED) is 0.801. The van der Waals surface area contributed by atoms with Crippen LogP contribution in [-0.4, -0.2) is 26.9 Å². The minimum Gasteiger partial charge on any atom is -0.326 e. The molecule has 1 saturated heterocycles. The van der Waals surface area contributed by atoms with Gasteiger partial charge < -0.3 is 10.6 Å². The van der Waals surface area contributed by atoms with Crippen LogP contribution in [0.15, 0.2) is 28.5 Å². The summed E-state index contributed by atoms with van der Waals surface area (Å²) >= 11 is 0. The molecule has 5 nitrogen and oxygen atoms in total. The van der Waals surface area contributed by atoms with E-state index in [0.717, 1.165) is 0 Å². The number of sulfone groups is 1. The Morgan fingerprint density at radius 2 is 2.11 bits per heavy atom. The lowest BCUT2D eigenvalue weighted by Crippen LogP contribution is -2.28. The van der Waals surface area contributed by atoms with Crippen molar-refractivity contribution in [3.05, 3.63) is 29.2 Å². The Balaban J connectivity index is 2.05. The van der Waals surface area contributed by atoms with Crippen LogP contribution in [0.25, 0.3) is 6.08 Å². The van der Waals surface area contributed by atoms with Gasteiger partial charge in [0.1, 0.15) is 0 Å². The first-order valence-corrected chi connectivity index (χ1v) is 7.15. The van der Waals surface area contributed by atoms with E-state index in [9.17, 15) is 13.2 Å². The summed E-state index contributed by atoms with van der Waals surface area (Å²) in [6, 6.07) is 4.82. The Morgan fingerprint density at radius 1 is 1.33 bits per heavy atom. The molecule has 3 rings (SSSR count). The Morgan fingerprint density at radius 3 is 2.78 bits per heavy atom. The van der Waals surface area contributed by atoms with Crippen molar-refractivity contribution in [2.75, 3.05) is 11.4 Å². The first kappa shape index (κ1) is 11.4. The summed E-state index contributed by atoms with van der Waals surface area (Å²) in [5, 5.41) is 1.18. The molecule has 0 spiro atoms. The van der Waals surface area contributed by atoms with Gasteiger partial charge in [-0.3, -0.25) is 4.79 Å². The number of rotatable bonds is 1. The second-order valence-corrected chi connectivity index (χ2v) is 6.34. The molecule has 0 bridgehead atoms. The number of benzene rings is 1. The molecule has 94 valence electrons. The number of fused-ring (bicyclic) bond motifs is 1. The lowest BCUT2D eigenvalue weighted by Gasteiger charge is -2.16. The van der Waals surface area contributed by atoms with Crippen LogP contribution in [0, 0.1) is 0 Å². The Bertz CT molecular complexity index is 664. The maximum absolute atomic E-state index is 11.8. The third-order valence-electron chi connectivity index (χ3n) is 3.20. The van der Waals surface area contributed by atoms with Crippen LogP contribution >= 0.6 is 0 Å². The topological polar surface area (TPSA) is 80.5 Å². The Hall–Kier alpha value is -1.66. The zero-order valence-corrected chi connectivity index (χ0v) is 10.4. The fourth-order valence-electron chi connectivity index (χ4n) is 2.30. The van der Waals surface area contributed by atoms with Crippen molar-refractivity contribution in [3.63, 3.8) is 0 Å². The van der Waals surface area contributed by atoms with Gasteiger partial charge in [0.15, 0.2) is 0 Å². The molecule has 2 aliphatic rings. The molecule has 6 heteroatoms. The van der Waals surface area contributed by atoms with Crippen molar-refractivity contribution >= 4 is 27.5 Å². The molecular formula is C12H12N2O3S. The van der Waals surface area contributed by atoms with Crippen LogP contribution in [-0.2, 0) is 14.6 Å². The second-order valence-electron chi connectivity index (χ2n) is 4.54. The van der Waals surface area contributed by atoms with Gasteiger partial charge in [-0.15, -0.1) is 0 Å². The first-order valence-electron chi connectivity index (χ1n) is 5.60. The standard InChI is InChI=1S/C12H12N2O3S/c13-9-5-12(15)14(7-9)10-2-1-8-3-4-18(16,17)11(8)6-10/h1-4,6,9H,5,7,13H2. The lowest BCUT2D eigenvalue weighted by molar-refractivity contribution is -0.117. The maximum atomic E-state index is 11.8. The monoisotopic (exact) mass is 264 g/mol. The fraction of sp³-hybridized carbons (Fsp3) is 0.250. The molecule has 0 radical (unpaired) electrons. The van der Waals surface area contributed by atoms with Gasteiger partial charge in [-0.2, -0.15) is 0 Å². The van der Waals surface area contributed by atoms with Crippen LogP contribution in [0.5, 0.6) is 0 Å². The van der Waals surface area contributed by atoms with Crippen LogP contribution < -0.4 is 10.6 Å². The summed E-state index contributed by atoms with van der Waals surface area (Å²) in [7, 11) is -3.34. The number of hydrogen-bond donors (Lipinski definition) is 1. The van der Waals surface area contributed by atoms with Crippen molar-refractivity contribution in [2.24, 2.45) is 5.73 Å². The van der Waals surface area contributed by atoms with Gasteiger partial charge in [-0.1, -0.05) is 6.07 Å². The summed E-state index contributed by atoms with van der Waals surface area (Å²) in [6.07, 6.45) is 1.87. The minimum absolute atomic E-state index is 0.0641. The number of anilines is 1. The van der Waals surface area contributed by atoms with Crippen LogP contribution in [0.2, 0.25) is 0 Å². The van der Waals surface area contributed by atoms with Crippen molar-refractivity contribution in [1.29, 1.82) is 0 Å². The third-order valence-corrected chi connectivity index (χ3v) is 4.66. The molecule has 2 heterocycles. The average Bonchev–Trinajstić information content (AvgIpc) is 2.79. The first-order chi connectivity index (χ1) is 8.47. The van der Waals surface area contributed by atoms with E-state index in [1.54, 1.807) is 29.2 Å². The van der Waals surface area contributed by atoms with Crippen molar-refractivity contribution in [3.8, 4) is 0 Å². The van der Waals surface area contributed by atoms with E-state index in [4.69, 9.17) is 5.73 Å². The Labute approximate surface area is 105 Å². The predicted octanol–water partition coefficient (Wildman–Crippen LogP) is 0.509. The van der Waals surface area contributed by atoms with Gasteiger partial charge in [-0.25, -0.2) is 8.42 Å². The third kappa shape index (κ3) is 1.65. The molecule has 1 fully saturated rings. The molecule has 1 unspecified atom stereocenters. The van der Waals surface area contributed by atoms with E-state index in [-0.39, 0.29) is 16.8 Å². The highest BCUT2D eigenvalue weighted by Crippen LogP contribution is 2.31. The van der Waals surface area contributed by atoms with Gasteiger partial charge in [0, 0.05) is 30.1 Å². The number of carbonyl (C=O) groups is 1. The highest BCUT2D eigenvalue weighted by atomic mass is 32.2. The average molecular weight is 264 g/mol. The highest BCUT2D eigenvalue weighted by Gasteiger charge is 2.29. The number of nitrogens with zero attached hydrogens (tertiary/aromatic N) is 1. The molecule has 18 heavy (non-hydrogen) atoms. The SMILES string of the molecule is NC1CC(=O)N(c2ccc3c(c2)S(=O)(=O)C=C3)C1. The van der Waals surface area contributed by atoms with Crippen LogP contribution in [0.1, 0.15) is 12.0 Å². The predicted molar refractivity (Wildman–Crippen MR) is 67.6 cm³/mol. The maximum Gasteiger partial charge on any atom is 0.228 e. The van der Waals surface area contributed by atoms with Gasteiger partial charge in [0.2, 0.25) is 15.7 Å². The molecule has 0 aromatic heterocycles. The molecular weight excluding hydrogens is 252 g/mol. The highest BCUT2D eigenvalue weighted by molar-refractivity contribution is 7.94. The largest absolute Gasteiger partial charge is 0.326 e. The molecule has 1 amide bonds. The fourth-order valence-corrected chi connectivity index (χ4v) is 3.52. The number of nitrogens with two attached hydrogens (primary N) is 1. The number of hydrogen-bond acceptors (Lipinski definition) is 4. The molecule has 1 aromatic rings. The van der Waals surface area contributed by atoms with Crippen molar-refractivity contribution < 1.29 is 13.2 Å². The van der Waals surface area contributed by atoms with E-state index >= 15 is 0 Å². The van der Waals surface area contributed by atoms with Crippen molar-refractivity contribution in [2.45, 2.75) is 17.4 Å². The Kier molecular flexibility index (Phi) is 2.33. The van der Waals surface area contributed by atoms with Gasteiger partial charge >= 0.3 is 0 Å². The van der Waals surface area contributed by atoms with Gasteiger partial charge in [0.05, 0.1) is 4.90 Å². The van der Waals surface area contributed by atoms with E-state index in [1.165, 1.54) is 5.41 Å². The van der Waals surface area contributed by atoms with Gasteiger partial charge in [-0.05, 0) is 23.8 Å². The molecule has 2 N–H and O–H groups in total. The molecule has 1 atom stereocenters.